The summed E-state index contributed by atoms with van der Waals surface area (Å²) in [5.74, 6) is 3.22. The molecule has 0 aromatic carbocycles. The molecule has 0 radical (unpaired) electrons. The van der Waals surface area contributed by atoms with E-state index in [1.807, 2.05) is 19.1 Å². The maximum atomic E-state index is 5.57. The molecule has 1 aliphatic heterocycles. The number of hydrogen-bond acceptors (Lipinski definition) is 10. The zero-order valence-corrected chi connectivity index (χ0v) is 20.0. The number of allylic oxidation sites excluding steroid dienone is 3. The van der Waals surface area contributed by atoms with E-state index in [9.17, 15) is 0 Å². The van der Waals surface area contributed by atoms with Crippen molar-refractivity contribution in [3.05, 3.63) is 30.5 Å². The van der Waals surface area contributed by atoms with Crippen LogP contribution < -0.4 is 4.90 Å². The predicted molar refractivity (Wildman–Crippen MR) is 127 cm³/mol. The Morgan fingerprint density at radius 3 is 2.94 bits per heavy atom. The first-order valence-corrected chi connectivity index (χ1v) is 12.0. The quantitative estimate of drug-likeness (QED) is 0.188. The minimum Gasteiger partial charge on any atom is -0.483 e. The lowest BCUT2D eigenvalue weighted by atomic mass is 9.90. The minimum atomic E-state index is 0.610. The standard InChI is InChI=1S/C23H34N8O3/c1-3-5-20(31-16-25-28-29-31)15-24-17-33-12-4-6-19-14-21(19)18-7-10-30(11-8-18)23-26-22(27-34-23)9-13-32-2/h3,5,15-19,21H,4,6-14H2,1-2H3/b5-3+,20-15+,24-17?/t19-,21-/m1/s1. The fraction of sp³-hybridized carbons (Fsp3) is 0.652. The van der Waals surface area contributed by atoms with E-state index in [0.29, 0.717) is 25.6 Å². The predicted octanol–water partition coefficient (Wildman–Crippen LogP) is 3.00. The summed E-state index contributed by atoms with van der Waals surface area (Å²) < 4.78 is 17.6. The van der Waals surface area contributed by atoms with Crippen LogP contribution in [-0.4, -0.2) is 70.2 Å². The third-order valence-electron chi connectivity index (χ3n) is 6.51. The Labute approximate surface area is 199 Å². The van der Waals surface area contributed by atoms with E-state index in [-0.39, 0.29) is 0 Å². The fourth-order valence-electron chi connectivity index (χ4n) is 4.63. The van der Waals surface area contributed by atoms with Crippen molar-refractivity contribution in [3.63, 3.8) is 0 Å². The zero-order valence-electron chi connectivity index (χ0n) is 20.0. The normalized spacial score (nSPS) is 21.7. The van der Waals surface area contributed by atoms with E-state index < -0.39 is 0 Å². The largest absolute Gasteiger partial charge is 0.483 e. The van der Waals surface area contributed by atoms with E-state index >= 15 is 0 Å². The van der Waals surface area contributed by atoms with Gasteiger partial charge in [-0.05, 0) is 73.3 Å². The second-order valence-corrected chi connectivity index (χ2v) is 8.80. The van der Waals surface area contributed by atoms with Crippen LogP contribution in [0.25, 0.3) is 5.70 Å². The molecule has 2 atom stereocenters. The van der Waals surface area contributed by atoms with Crippen LogP contribution in [0, 0.1) is 17.8 Å². The van der Waals surface area contributed by atoms with Crippen molar-refractivity contribution >= 4 is 18.1 Å². The van der Waals surface area contributed by atoms with Gasteiger partial charge in [0.1, 0.15) is 6.33 Å². The van der Waals surface area contributed by atoms with E-state index in [4.69, 9.17) is 14.0 Å². The van der Waals surface area contributed by atoms with Crippen molar-refractivity contribution in [3.8, 4) is 0 Å². The van der Waals surface area contributed by atoms with Gasteiger partial charge in [0, 0.05) is 26.6 Å². The first kappa shape index (κ1) is 24.1. The van der Waals surface area contributed by atoms with E-state index in [1.54, 1.807) is 18.0 Å². The van der Waals surface area contributed by atoms with Gasteiger partial charge in [-0.1, -0.05) is 11.2 Å². The van der Waals surface area contributed by atoms with Crippen LogP contribution in [0.1, 0.15) is 44.9 Å². The van der Waals surface area contributed by atoms with Crippen LogP contribution in [0.2, 0.25) is 0 Å². The Morgan fingerprint density at radius 2 is 2.18 bits per heavy atom. The lowest BCUT2D eigenvalue weighted by molar-refractivity contribution is 0.199. The molecule has 0 unspecified atom stereocenters. The highest BCUT2D eigenvalue weighted by Crippen LogP contribution is 2.50. The lowest BCUT2D eigenvalue weighted by Crippen LogP contribution is -2.34. The van der Waals surface area contributed by atoms with Crippen LogP contribution in [0.5, 0.6) is 0 Å². The molecule has 11 heteroatoms. The molecule has 2 fully saturated rings. The minimum absolute atomic E-state index is 0.610. The van der Waals surface area contributed by atoms with Crippen LogP contribution in [0.4, 0.5) is 6.01 Å². The maximum absolute atomic E-state index is 5.57. The Hall–Kier alpha value is -3.08. The highest BCUT2D eigenvalue weighted by atomic mass is 16.5. The molecule has 4 rings (SSSR count). The summed E-state index contributed by atoms with van der Waals surface area (Å²) in [6, 6.07) is 0.654. The number of hydrogen-bond donors (Lipinski definition) is 0. The van der Waals surface area contributed by atoms with Gasteiger partial charge in [-0.2, -0.15) is 9.67 Å². The molecule has 1 aliphatic carbocycles. The number of piperidine rings is 1. The summed E-state index contributed by atoms with van der Waals surface area (Å²) in [6.45, 7) is 5.21. The molecule has 1 saturated carbocycles. The average molecular weight is 471 g/mol. The SMILES string of the molecule is C/C=C/C(=C\N=COCCC[C@@H]1C[C@@H]1C1CCN(c2nc(CCOC)no2)CC1)n1cnnn1. The number of nitrogens with zero attached hydrogens (tertiary/aromatic N) is 8. The highest BCUT2D eigenvalue weighted by molar-refractivity contribution is 5.58. The molecule has 0 N–H and O–H groups in total. The van der Waals surface area contributed by atoms with Crippen LogP contribution in [0.3, 0.4) is 0 Å². The number of ether oxygens (including phenoxy) is 2. The molecule has 3 heterocycles. The summed E-state index contributed by atoms with van der Waals surface area (Å²) >= 11 is 0. The van der Waals surface area contributed by atoms with Crippen molar-refractivity contribution in [2.45, 2.75) is 45.4 Å². The number of rotatable bonds is 13. The van der Waals surface area contributed by atoms with Gasteiger partial charge >= 0.3 is 6.01 Å². The van der Waals surface area contributed by atoms with Crippen molar-refractivity contribution in [1.29, 1.82) is 0 Å². The Balaban J connectivity index is 1.09. The van der Waals surface area contributed by atoms with Crippen molar-refractivity contribution in [2.75, 3.05) is 38.3 Å². The number of aliphatic imine (C=N–C) groups is 1. The van der Waals surface area contributed by atoms with Gasteiger partial charge in [-0.25, -0.2) is 4.99 Å². The van der Waals surface area contributed by atoms with Crippen LogP contribution in [-0.2, 0) is 15.9 Å². The molecule has 1 saturated heterocycles. The maximum Gasteiger partial charge on any atom is 0.324 e. The summed E-state index contributed by atoms with van der Waals surface area (Å²) in [5, 5.41) is 15.2. The smallest absolute Gasteiger partial charge is 0.324 e. The summed E-state index contributed by atoms with van der Waals surface area (Å²) in [4.78, 5) is 10.9. The molecule has 0 amide bonds. The Kier molecular flexibility index (Phi) is 8.78. The lowest BCUT2D eigenvalue weighted by Gasteiger charge is -2.30. The monoisotopic (exact) mass is 470 g/mol. The molecule has 2 aromatic heterocycles. The molecule has 2 aliphatic rings. The number of tetrazole rings is 1. The van der Waals surface area contributed by atoms with Crippen LogP contribution in [0.15, 0.2) is 34.2 Å². The van der Waals surface area contributed by atoms with Gasteiger partial charge in [0.25, 0.3) is 0 Å². The molecule has 0 bridgehead atoms. The van der Waals surface area contributed by atoms with Gasteiger partial charge < -0.3 is 18.9 Å². The van der Waals surface area contributed by atoms with Gasteiger partial charge in [0.2, 0.25) is 0 Å². The van der Waals surface area contributed by atoms with Gasteiger partial charge in [-0.3, -0.25) is 0 Å². The zero-order chi connectivity index (χ0) is 23.6. The number of aromatic nitrogens is 6. The molecule has 34 heavy (non-hydrogen) atoms. The molecule has 2 aromatic rings. The third-order valence-corrected chi connectivity index (χ3v) is 6.51. The fourth-order valence-corrected chi connectivity index (χ4v) is 4.63. The number of anilines is 1. The topological polar surface area (TPSA) is 117 Å². The summed E-state index contributed by atoms with van der Waals surface area (Å²) in [6.07, 6.45) is 15.2. The summed E-state index contributed by atoms with van der Waals surface area (Å²) in [5.41, 5.74) is 0.768. The first-order valence-electron chi connectivity index (χ1n) is 12.0. The van der Waals surface area contributed by atoms with Gasteiger partial charge in [-0.15, -0.1) is 5.10 Å². The van der Waals surface area contributed by atoms with Crippen molar-refractivity contribution < 1.29 is 14.0 Å². The molecule has 11 nitrogen and oxygen atoms in total. The molecule has 184 valence electrons. The molecule has 0 spiro atoms. The van der Waals surface area contributed by atoms with Crippen molar-refractivity contribution in [2.24, 2.45) is 22.7 Å². The van der Waals surface area contributed by atoms with E-state index in [2.05, 4.69) is 35.6 Å². The molecular formula is C23H34N8O3. The third kappa shape index (κ3) is 6.72. The van der Waals surface area contributed by atoms with E-state index in [1.165, 1.54) is 38.4 Å². The van der Waals surface area contributed by atoms with Gasteiger partial charge in [0.15, 0.2) is 12.2 Å². The Morgan fingerprint density at radius 1 is 1.29 bits per heavy atom. The first-order chi connectivity index (χ1) is 16.8. The highest BCUT2D eigenvalue weighted by Gasteiger charge is 2.43. The van der Waals surface area contributed by atoms with Crippen LogP contribution >= 0.6 is 0 Å². The number of methoxy groups -OCH3 is 1. The Bertz CT molecular complexity index is 947. The second-order valence-electron chi connectivity index (χ2n) is 8.80. The average Bonchev–Trinajstić information content (AvgIpc) is 3.23. The van der Waals surface area contributed by atoms with E-state index in [0.717, 1.165) is 48.8 Å². The molecular weight excluding hydrogens is 436 g/mol. The summed E-state index contributed by atoms with van der Waals surface area (Å²) in [7, 11) is 1.68. The second kappa shape index (κ2) is 12.4. The van der Waals surface area contributed by atoms with Gasteiger partial charge in [0.05, 0.1) is 25.1 Å². The van der Waals surface area contributed by atoms with Crippen molar-refractivity contribution in [1.82, 2.24) is 30.3 Å².